The summed E-state index contributed by atoms with van der Waals surface area (Å²) in [5.41, 5.74) is 3.12. The average molecular weight is 382 g/mol. The highest BCUT2D eigenvalue weighted by Gasteiger charge is 2.48. The Morgan fingerprint density at radius 1 is 1.18 bits per heavy atom. The van der Waals surface area contributed by atoms with Crippen LogP contribution in [-0.4, -0.2) is 42.5 Å². The van der Waals surface area contributed by atoms with Gasteiger partial charge in [0.2, 0.25) is 5.91 Å². The molecular weight excluding hydrogens is 355 g/mol. The van der Waals surface area contributed by atoms with Gasteiger partial charge in [-0.15, -0.1) is 0 Å². The zero-order valence-corrected chi connectivity index (χ0v) is 16.7. The fourth-order valence-electron chi connectivity index (χ4n) is 4.95. The molecule has 0 radical (unpaired) electrons. The summed E-state index contributed by atoms with van der Waals surface area (Å²) in [4.78, 5) is 16.7. The first-order chi connectivity index (χ1) is 13.5. The van der Waals surface area contributed by atoms with Crippen LogP contribution >= 0.6 is 0 Å². The second-order valence-corrected chi connectivity index (χ2v) is 8.05. The summed E-state index contributed by atoms with van der Waals surface area (Å²) in [6, 6.07) is 13.3. The van der Waals surface area contributed by atoms with E-state index in [4.69, 9.17) is 4.74 Å². The molecule has 3 atom stereocenters. The number of nitrogens with zero attached hydrogens (tertiary/aromatic N) is 2. The van der Waals surface area contributed by atoms with E-state index in [1.54, 1.807) is 26.2 Å². The van der Waals surface area contributed by atoms with Crippen LogP contribution in [0.4, 0.5) is 4.39 Å². The Bertz CT molecular complexity index is 885. The third kappa shape index (κ3) is 3.39. The van der Waals surface area contributed by atoms with Gasteiger partial charge in [0.1, 0.15) is 11.6 Å². The van der Waals surface area contributed by atoms with E-state index < -0.39 is 0 Å². The van der Waals surface area contributed by atoms with Crippen LogP contribution in [-0.2, 0) is 11.3 Å². The van der Waals surface area contributed by atoms with Crippen LogP contribution in [0, 0.1) is 24.6 Å². The van der Waals surface area contributed by atoms with Gasteiger partial charge in [0.05, 0.1) is 13.2 Å². The number of halogens is 1. The zero-order chi connectivity index (χ0) is 19.8. The molecule has 2 aromatic carbocycles. The van der Waals surface area contributed by atoms with Crippen molar-refractivity contribution < 1.29 is 13.9 Å². The minimum absolute atomic E-state index is 0.101. The normalized spacial score (nSPS) is 24.4. The smallest absolute Gasteiger partial charge is 0.219 e. The number of amides is 1. The van der Waals surface area contributed by atoms with E-state index in [1.165, 1.54) is 17.2 Å². The molecule has 2 aliphatic rings. The Kier molecular flexibility index (Phi) is 5.11. The maximum Gasteiger partial charge on any atom is 0.219 e. The lowest BCUT2D eigenvalue weighted by Crippen LogP contribution is -2.34. The number of carbonyl (C=O) groups is 1. The molecule has 0 N–H and O–H groups in total. The van der Waals surface area contributed by atoms with Crippen LogP contribution in [0.1, 0.15) is 29.7 Å². The van der Waals surface area contributed by atoms with Crippen molar-refractivity contribution >= 4 is 5.91 Å². The van der Waals surface area contributed by atoms with Crippen LogP contribution in [0.25, 0.3) is 0 Å². The minimum Gasteiger partial charge on any atom is -0.497 e. The number of carbonyl (C=O) groups excluding carboxylic acids is 1. The number of ether oxygens (including phenoxy) is 1. The van der Waals surface area contributed by atoms with Gasteiger partial charge >= 0.3 is 0 Å². The summed E-state index contributed by atoms with van der Waals surface area (Å²) >= 11 is 0. The second kappa shape index (κ2) is 7.55. The molecular formula is C23H27FN2O2. The van der Waals surface area contributed by atoms with Gasteiger partial charge in [0.15, 0.2) is 0 Å². The maximum atomic E-state index is 14.3. The first kappa shape index (κ1) is 18.9. The molecule has 5 heteroatoms. The van der Waals surface area contributed by atoms with Crippen LogP contribution < -0.4 is 4.74 Å². The molecule has 2 saturated heterocycles. The number of methoxy groups -OCH3 is 1. The fourth-order valence-corrected chi connectivity index (χ4v) is 4.95. The predicted molar refractivity (Wildman–Crippen MR) is 107 cm³/mol. The van der Waals surface area contributed by atoms with E-state index in [2.05, 4.69) is 24.0 Å². The molecule has 1 amide bonds. The van der Waals surface area contributed by atoms with Crippen molar-refractivity contribution in [2.24, 2.45) is 11.8 Å². The average Bonchev–Trinajstić information content (AvgIpc) is 3.21. The largest absolute Gasteiger partial charge is 0.497 e. The number of likely N-dealkylation sites (tertiary alicyclic amines) is 2. The third-order valence-electron chi connectivity index (χ3n) is 6.30. The molecule has 0 saturated carbocycles. The van der Waals surface area contributed by atoms with E-state index in [0.29, 0.717) is 29.7 Å². The van der Waals surface area contributed by atoms with Crippen LogP contribution in [0.5, 0.6) is 5.75 Å². The molecule has 0 unspecified atom stereocenters. The van der Waals surface area contributed by atoms with Crippen molar-refractivity contribution in [3.8, 4) is 5.75 Å². The van der Waals surface area contributed by atoms with Gasteiger partial charge in [-0.1, -0.05) is 24.3 Å². The molecule has 0 bridgehead atoms. The van der Waals surface area contributed by atoms with E-state index in [9.17, 15) is 9.18 Å². The molecule has 0 aliphatic carbocycles. The highest BCUT2D eigenvalue weighted by molar-refractivity contribution is 5.74. The molecule has 2 aliphatic heterocycles. The second-order valence-electron chi connectivity index (χ2n) is 8.05. The van der Waals surface area contributed by atoms with Crippen molar-refractivity contribution in [2.45, 2.75) is 26.4 Å². The quantitative estimate of drug-likeness (QED) is 0.807. The van der Waals surface area contributed by atoms with Gasteiger partial charge in [-0.2, -0.15) is 0 Å². The summed E-state index contributed by atoms with van der Waals surface area (Å²) in [6.45, 7) is 6.86. The van der Waals surface area contributed by atoms with E-state index in [1.807, 2.05) is 17.0 Å². The Morgan fingerprint density at radius 3 is 2.68 bits per heavy atom. The Hall–Kier alpha value is -2.40. The predicted octanol–water partition coefficient (Wildman–Crippen LogP) is 3.79. The number of hydrogen-bond acceptors (Lipinski definition) is 3. The lowest BCUT2D eigenvalue weighted by Gasteiger charge is -2.30. The highest BCUT2D eigenvalue weighted by Crippen LogP contribution is 2.46. The van der Waals surface area contributed by atoms with Gasteiger partial charge < -0.3 is 9.64 Å². The van der Waals surface area contributed by atoms with Crippen molar-refractivity contribution in [1.29, 1.82) is 0 Å². The Balaban J connectivity index is 1.57. The fraction of sp³-hybridized carbons (Fsp3) is 0.435. The van der Waals surface area contributed by atoms with Gasteiger partial charge in [-0.25, -0.2) is 4.39 Å². The van der Waals surface area contributed by atoms with Gasteiger partial charge in [0.25, 0.3) is 0 Å². The van der Waals surface area contributed by atoms with Crippen molar-refractivity contribution in [3.63, 3.8) is 0 Å². The number of fused-ring (bicyclic) bond motifs is 1. The zero-order valence-electron chi connectivity index (χ0n) is 16.7. The van der Waals surface area contributed by atoms with Gasteiger partial charge in [-0.3, -0.25) is 9.69 Å². The molecule has 2 fully saturated rings. The van der Waals surface area contributed by atoms with Crippen LogP contribution in [0.3, 0.4) is 0 Å². The monoisotopic (exact) mass is 382 g/mol. The van der Waals surface area contributed by atoms with E-state index >= 15 is 0 Å². The molecule has 2 heterocycles. The molecule has 4 rings (SSSR count). The summed E-state index contributed by atoms with van der Waals surface area (Å²) in [5.74, 6) is 1.41. The lowest BCUT2D eigenvalue weighted by atomic mass is 9.87. The lowest BCUT2D eigenvalue weighted by molar-refractivity contribution is -0.130. The number of benzene rings is 2. The minimum atomic E-state index is -0.196. The van der Waals surface area contributed by atoms with E-state index in [0.717, 1.165) is 19.6 Å². The van der Waals surface area contributed by atoms with Gasteiger partial charge in [-0.05, 0) is 42.2 Å². The van der Waals surface area contributed by atoms with Crippen molar-refractivity contribution in [1.82, 2.24) is 9.80 Å². The molecule has 2 aromatic rings. The van der Waals surface area contributed by atoms with Crippen LogP contribution in [0.15, 0.2) is 42.5 Å². The SMILES string of the molecule is COc1ccc(F)c(CN2C[C@@H]3CN(C(C)=O)[C@@H](c4ccccc4C)[C@@H]3C2)c1. The summed E-state index contributed by atoms with van der Waals surface area (Å²) in [7, 11) is 1.60. The first-order valence-corrected chi connectivity index (χ1v) is 9.85. The third-order valence-corrected chi connectivity index (χ3v) is 6.30. The number of aryl methyl sites for hydroxylation is 1. The summed E-state index contributed by atoms with van der Waals surface area (Å²) in [6.07, 6.45) is 0. The van der Waals surface area contributed by atoms with Crippen molar-refractivity contribution in [3.05, 3.63) is 65.0 Å². The molecule has 28 heavy (non-hydrogen) atoms. The molecule has 4 nitrogen and oxygen atoms in total. The molecule has 0 aromatic heterocycles. The van der Waals surface area contributed by atoms with Crippen LogP contribution in [0.2, 0.25) is 0 Å². The first-order valence-electron chi connectivity index (χ1n) is 9.85. The molecule has 0 spiro atoms. The number of rotatable bonds is 4. The summed E-state index contributed by atoms with van der Waals surface area (Å²) < 4.78 is 19.5. The molecule has 148 valence electrons. The highest BCUT2D eigenvalue weighted by atomic mass is 19.1. The maximum absolute atomic E-state index is 14.3. The van der Waals surface area contributed by atoms with Gasteiger partial charge in [0, 0.05) is 44.6 Å². The number of hydrogen-bond donors (Lipinski definition) is 0. The standard InChI is InChI=1S/C23H27FN2O2/c1-15-6-4-5-7-20(15)23-21-14-25(12-18(21)13-26(23)16(2)27)11-17-10-19(28-3)8-9-22(17)24/h4-10,18,21,23H,11-14H2,1-3H3/t18-,21-,23+/m1/s1. The summed E-state index contributed by atoms with van der Waals surface area (Å²) in [5, 5.41) is 0. The van der Waals surface area contributed by atoms with E-state index in [-0.39, 0.29) is 17.8 Å². The Morgan fingerprint density at radius 2 is 1.96 bits per heavy atom. The topological polar surface area (TPSA) is 32.8 Å². The Labute approximate surface area is 165 Å². The van der Waals surface area contributed by atoms with Crippen molar-refractivity contribution in [2.75, 3.05) is 26.7 Å².